The van der Waals surface area contributed by atoms with Gasteiger partial charge in [-0.25, -0.2) is 0 Å². The third-order valence-corrected chi connectivity index (χ3v) is 2.74. The minimum Gasteiger partial charge on any atom is -0.461 e. The van der Waals surface area contributed by atoms with Crippen molar-refractivity contribution in [3.63, 3.8) is 0 Å². The summed E-state index contributed by atoms with van der Waals surface area (Å²) in [5.41, 5.74) is 2.87. The van der Waals surface area contributed by atoms with Crippen LogP contribution in [0.1, 0.15) is 28.6 Å². The molecule has 0 saturated carbocycles. The van der Waals surface area contributed by atoms with Crippen molar-refractivity contribution in [1.29, 1.82) is 0 Å². The number of hydrogen-bond acceptors (Lipinski definition) is 2. The van der Waals surface area contributed by atoms with E-state index in [1.54, 1.807) is 6.92 Å². The van der Waals surface area contributed by atoms with E-state index in [1.807, 2.05) is 44.2 Å². The van der Waals surface area contributed by atoms with Crippen LogP contribution in [0.3, 0.4) is 0 Å². The summed E-state index contributed by atoms with van der Waals surface area (Å²) in [5.74, 6) is 1.87. The van der Waals surface area contributed by atoms with Gasteiger partial charge in [0.2, 0.25) is 0 Å². The Morgan fingerprint density at radius 1 is 1.12 bits per heavy atom. The number of benzene rings is 1. The summed E-state index contributed by atoms with van der Waals surface area (Å²) in [5, 5.41) is 0. The zero-order valence-corrected chi connectivity index (χ0v) is 9.70. The van der Waals surface area contributed by atoms with Gasteiger partial charge in [-0.3, -0.25) is 4.79 Å². The molecular formula is C14H14O2. The molecule has 82 valence electrons. The number of furan rings is 1. The van der Waals surface area contributed by atoms with E-state index in [9.17, 15) is 4.79 Å². The summed E-state index contributed by atoms with van der Waals surface area (Å²) < 4.78 is 5.62. The van der Waals surface area contributed by atoms with E-state index in [1.165, 1.54) is 0 Å². The van der Waals surface area contributed by atoms with Gasteiger partial charge in [-0.2, -0.15) is 0 Å². The standard InChI is InChI=1S/C14H14O2/c1-9-8-14(16-11(9)3)13-6-4-12(5-7-13)10(2)15/h4-8H,1-3H3. The van der Waals surface area contributed by atoms with E-state index in [4.69, 9.17) is 4.42 Å². The van der Waals surface area contributed by atoms with Gasteiger partial charge in [-0.15, -0.1) is 0 Å². The average Bonchev–Trinajstić information content (AvgIpc) is 2.59. The molecule has 1 aromatic carbocycles. The molecule has 2 nitrogen and oxygen atoms in total. The lowest BCUT2D eigenvalue weighted by molar-refractivity contribution is 0.101. The summed E-state index contributed by atoms with van der Waals surface area (Å²) in [7, 11) is 0. The van der Waals surface area contributed by atoms with Gasteiger partial charge in [-0.05, 0) is 32.4 Å². The topological polar surface area (TPSA) is 30.2 Å². The Kier molecular flexibility index (Phi) is 2.65. The number of ketones is 1. The van der Waals surface area contributed by atoms with Crippen molar-refractivity contribution in [2.45, 2.75) is 20.8 Å². The van der Waals surface area contributed by atoms with Crippen molar-refractivity contribution in [2.75, 3.05) is 0 Å². The fourth-order valence-electron chi connectivity index (χ4n) is 1.58. The van der Waals surface area contributed by atoms with Crippen molar-refractivity contribution in [1.82, 2.24) is 0 Å². The molecule has 0 unspecified atom stereocenters. The lowest BCUT2D eigenvalue weighted by Crippen LogP contribution is -1.90. The second-order valence-electron chi connectivity index (χ2n) is 3.98. The number of rotatable bonds is 2. The largest absolute Gasteiger partial charge is 0.461 e. The average molecular weight is 214 g/mol. The molecule has 0 aliphatic heterocycles. The van der Waals surface area contributed by atoms with Crippen LogP contribution in [0.2, 0.25) is 0 Å². The Bertz CT molecular complexity index is 499. The molecule has 0 bridgehead atoms. The maximum atomic E-state index is 11.1. The first-order valence-corrected chi connectivity index (χ1v) is 5.26. The fraction of sp³-hybridized carbons (Fsp3) is 0.214. The highest BCUT2D eigenvalue weighted by Gasteiger charge is 2.06. The first-order chi connectivity index (χ1) is 7.58. The van der Waals surface area contributed by atoms with Crippen LogP contribution >= 0.6 is 0 Å². The van der Waals surface area contributed by atoms with Crippen molar-refractivity contribution in [2.24, 2.45) is 0 Å². The predicted molar refractivity (Wildman–Crippen MR) is 63.6 cm³/mol. The lowest BCUT2D eigenvalue weighted by Gasteiger charge is -1.98. The van der Waals surface area contributed by atoms with E-state index in [0.717, 1.165) is 28.2 Å². The summed E-state index contributed by atoms with van der Waals surface area (Å²) in [6.45, 7) is 5.53. The molecule has 0 aliphatic rings. The van der Waals surface area contributed by atoms with Gasteiger partial charge in [0.15, 0.2) is 5.78 Å². The van der Waals surface area contributed by atoms with Crippen LogP contribution in [-0.4, -0.2) is 5.78 Å². The minimum absolute atomic E-state index is 0.0818. The monoisotopic (exact) mass is 214 g/mol. The van der Waals surface area contributed by atoms with Gasteiger partial charge in [0, 0.05) is 11.1 Å². The number of Topliss-reactive ketones (excluding diaryl/α,β-unsaturated/α-hetero) is 1. The van der Waals surface area contributed by atoms with Crippen LogP contribution in [0.4, 0.5) is 0 Å². The number of carbonyl (C=O) groups is 1. The van der Waals surface area contributed by atoms with E-state index in [2.05, 4.69) is 0 Å². The molecule has 0 fully saturated rings. The Balaban J connectivity index is 2.38. The highest BCUT2D eigenvalue weighted by Crippen LogP contribution is 2.25. The van der Waals surface area contributed by atoms with Crippen molar-refractivity contribution in [3.8, 4) is 11.3 Å². The first-order valence-electron chi connectivity index (χ1n) is 5.26. The third-order valence-electron chi connectivity index (χ3n) is 2.74. The Labute approximate surface area is 94.9 Å². The second kappa shape index (κ2) is 3.97. The molecule has 2 aromatic rings. The SMILES string of the molecule is CC(=O)c1ccc(-c2cc(C)c(C)o2)cc1. The number of carbonyl (C=O) groups excluding carboxylic acids is 1. The normalized spacial score (nSPS) is 10.4. The van der Waals surface area contributed by atoms with Gasteiger partial charge in [0.25, 0.3) is 0 Å². The van der Waals surface area contributed by atoms with Crippen LogP contribution in [0.15, 0.2) is 34.7 Å². The molecule has 0 spiro atoms. The molecular weight excluding hydrogens is 200 g/mol. The van der Waals surface area contributed by atoms with Gasteiger partial charge in [0.1, 0.15) is 11.5 Å². The molecule has 0 N–H and O–H groups in total. The van der Waals surface area contributed by atoms with Crippen LogP contribution in [-0.2, 0) is 0 Å². The van der Waals surface area contributed by atoms with E-state index < -0.39 is 0 Å². The smallest absolute Gasteiger partial charge is 0.159 e. The Morgan fingerprint density at radius 2 is 1.75 bits per heavy atom. The molecule has 2 rings (SSSR count). The predicted octanol–water partition coefficient (Wildman–Crippen LogP) is 3.77. The molecule has 0 amide bonds. The highest BCUT2D eigenvalue weighted by atomic mass is 16.3. The van der Waals surface area contributed by atoms with Crippen LogP contribution < -0.4 is 0 Å². The Morgan fingerprint density at radius 3 is 2.19 bits per heavy atom. The van der Waals surface area contributed by atoms with E-state index in [0.29, 0.717) is 0 Å². The Hall–Kier alpha value is -1.83. The molecule has 2 heteroatoms. The fourth-order valence-corrected chi connectivity index (χ4v) is 1.58. The van der Waals surface area contributed by atoms with E-state index in [-0.39, 0.29) is 5.78 Å². The lowest BCUT2D eigenvalue weighted by atomic mass is 10.1. The third kappa shape index (κ3) is 1.91. The molecule has 0 aliphatic carbocycles. The number of hydrogen-bond donors (Lipinski definition) is 0. The van der Waals surface area contributed by atoms with Crippen molar-refractivity contribution < 1.29 is 9.21 Å². The molecule has 0 saturated heterocycles. The highest BCUT2D eigenvalue weighted by molar-refractivity contribution is 5.94. The maximum Gasteiger partial charge on any atom is 0.159 e. The summed E-state index contributed by atoms with van der Waals surface area (Å²) in [4.78, 5) is 11.1. The van der Waals surface area contributed by atoms with Crippen molar-refractivity contribution in [3.05, 3.63) is 47.2 Å². The quantitative estimate of drug-likeness (QED) is 0.712. The van der Waals surface area contributed by atoms with Crippen molar-refractivity contribution >= 4 is 5.78 Å². The molecule has 16 heavy (non-hydrogen) atoms. The molecule has 0 atom stereocenters. The maximum absolute atomic E-state index is 11.1. The molecule has 1 aromatic heterocycles. The van der Waals surface area contributed by atoms with Crippen LogP contribution in [0, 0.1) is 13.8 Å². The molecule has 1 heterocycles. The summed E-state index contributed by atoms with van der Waals surface area (Å²) in [6.07, 6.45) is 0. The summed E-state index contributed by atoms with van der Waals surface area (Å²) >= 11 is 0. The van der Waals surface area contributed by atoms with Gasteiger partial charge >= 0.3 is 0 Å². The summed E-state index contributed by atoms with van der Waals surface area (Å²) in [6, 6.07) is 9.48. The van der Waals surface area contributed by atoms with Gasteiger partial charge in [0.05, 0.1) is 0 Å². The van der Waals surface area contributed by atoms with Gasteiger partial charge < -0.3 is 4.42 Å². The van der Waals surface area contributed by atoms with Crippen LogP contribution in [0.25, 0.3) is 11.3 Å². The van der Waals surface area contributed by atoms with Crippen LogP contribution in [0.5, 0.6) is 0 Å². The first kappa shape index (κ1) is 10.7. The molecule has 0 radical (unpaired) electrons. The minimum atomic E-state index is 0.0818. The van der Waals surface area contributed by atoms with E-state index >= 15 is 0 Å². The van der Waals surface area contributed by atoms with Gasteiger partial charge in [-0.1, -0.05) is 24.3 Å². The second-order valence-corrected chi connectivity index (χ2v) is 3.98. The zero-order valence-electron chi connectivity index (χ0n) is 9.70. The zero-order chi connectivity index (χ0) is 11.7. The number of aryl methyl sites for hydroxylation is 2.